The minimum absolute atomic E-state index is 0.0104. The topological polar surface area (TPSA) is 46.2 Å². The van der Waals surface area contributed by atoms with Crippen molar-refractivity contribution in [2.24, 2.45) is 0 Å². The van der Waals surface area contributed by atoms with Gasteiger partial charge in [-0.3, -0.25) is 0 Å². The Morgan fingerprint density at radius 2 is 1.86 bits per heavy atom. The van der Waals surface area contributed by atoms with E-state index in [0.717, 1.165) is 12.1 Å². The number of halogens is 2. The monoisotopic (exact) mass is 199 g/mol. The fourth-order valence-corrected chi connectivity index (χ4v) is 0.994. The van der Waals surface area contributed by atoms with Crippen molar-refractivity contribution in [1.29, 1.82) is 0 Å². The Bertz CT molecular complexity index is 327. The zero-order valence-corrected chi connectivity index (χ0v) is 7.50. The molecule has 14 heavy (non-hydrogen) atoms. The zero-order valence-electron chi connectivity index (χ0n) is 7.50. The Labute approximate surface area is 80.7 Å². The van der Waals surface area contributed by atoms with E-state index in [4.69, 9.17) is 10.8 Å². The van der Waals surface area contributed by atoms with E-state index in [9.17, 15) is 8.78 Å². The van der Waals surface area contributed by atoms with Crippen LogP contribution >= 0.6 is 0 Å². The van der Waals surface area contributed by atoms with Gasteiger partial charge in [0, 0.05) is 6.61 Å². The van der Waals surface area contributed by atoms with Gasteiger partial charge in [-0.15, -0.1) is 0 Å². The molecule has 0 aliphatic carbocycles. The number of aliphatic hydroxyl groups excluding tert-OH is 1. The standard InChI is InChI=1S/C10H11F2NO/c11-8-5-7(3-1-2-4-14)6-9(12)10(8)13/h1,3,5-6,14H,2,4,13H2. The summed E-state index contributed by atoms with van der Waals surface area (Å²) in [4.78, 5) is 0. The maximum Gasteiger partial charge on any atom is 0.149 e. The molecule has 0 aromatic heterocycles. The summed E-state index contributed by atoms with van der Waals surface area (Å²) >= 11 is 0. The minimum Gasteiger partial charge on any atom is -0.396 e. The fourth-order valence-electron chi connectivity index (χ4n) is 0.994. The molecule has 0 radical (unpaired) electrons. The third-order valence-electron chi connectivity index (χ3n) is 1.71. The van der Waals surface area contributed by atoms with Crippen LogP contribution in [0.25, 0.3) is 6.08 Å². The van der Waals surface area contributed by atoms with Gasteiger partial charge in [-0.25, -0.2) is 8.78 Å². The van der Waals surface area contributed by atoms with Crippen LogP contribution in [-0.2, 0) is 0 Å². The lowest BCUT2D eigenvalue weighted by molar-refractivity contribution is 0.303. The van der Waals surface area contributed by atoms with Crippen LogP contribution in [0.1, 0.15) is 12.0 Å². The van der Waals surface area contributed by atoms with Crippen LogP contribution in [0.2, 0.25) is 0 Å². The average molecular weight is 199 g/mol. The largest absolute Gasteiger partial charge is 0.396 e. The van der Waals surface area contributed by atoms with Crippen LogP contribution in [0.5, 0.6) is 0 Å². The third kappa shape index (κ3) is 2.53. The van der Waals surface area contributed by atoms with Gasteiger partial charge in [0.05, 0.1) is 0 Å². The Kier molecular flexibility index (Phi) is 3.59. The van der Waals surface area contributed by atoms with Gasteiger partial charge in [-0.1, -0.05) is 12.2 Å². The summed E-state index contributed by atoms with van der Waals surface area (Å²) in [5, 5.41) is 8.48. The van der Waals surface area contributed by atoms with Crippen molar-refractivity contribution < 1.29 is 13.9 Å². The smallest absolute Gasteiger partial charge is 0.149 e. The van der Waals surface area contributed by atoms with E-state index in [1.807, 2.05) is 0 Å². The molecule has 1 aromatic rings. The van der Waals surface area contributed by atoms with E-state index >= 15 is 0 Å². The summed E-state index contributed by atoms with van der Waals surface area (Å²) in [7, 11) is 0. The predicted molar refractivity (Wildman–Crippen MR) is 51.5 cm³/mol. The number of rotatable bonds is 3. The number of anilines is 1. The molecule has 3 N–H and O–H groups in total. The van der Waals surface area contributed by atoms with Crippen LogP contribution < -0.4 is 5.73 Å². The molecule has 0 saturated heterocycles. The molecule has 76 valence electrons. The maximum atomic E-state index is 12.9. The summed E-state index contributed by atoms with van der Waals surface area (Å²) in [6.07, 6.45) is 3.61. The minimum atomic E-state index is -0.770. The first kappa shape index (κ1) is 10.7. The highest BCUT2D eigenvalue weighted by atomic mass is 19.1. The second-order valence-electron chi connectivity index (χ2n) is 2.81. The molecule has 0 amide bonds. The molecule has 2 nitrogen and oxygen atoms in total. The highest BCUT2D eigenvalue weighted by Gasteiger charge is 2.05. The first-order valence-electron chi connectivity index (χ1n) is 4.17. The van der Waals surface area contributed by atoms with Gasteiger partial charge >= 0.3 is 0 Å². The van der Waals surface area contributed by atoms with Gasteiger partial charge in [0.2, 0.25) is 0 Å². The van der Waals surface area contributed by atoms with Crippen molar-refractivity contribution in [3.63, 3.8) is 0 Å². The molecule has 4 heteroatoms. The molecule has 0 aliphatic heterocycles. The van der Waals surface area contributed by atoms with Crippen LogP contribution in [0.15, 0.2) is 18.2 Å². The molecule has 1 aromatic carbocycles. The highest BCUT2D eigenvalue weighted by Crippen LogP contribution is 2.18. The van der Waals surface area contributed by atoms with Crippen molar-refractivity contribution in [3.05, 3.63) is 35.4 Å². The van der Waals surface area contributed by atoms with Crippen LogP contribution in [0.3, 0.4) is 0 Å². The number of hydrogen-bond acceptors (Lipinski definition) is 2. The molecular formula is C10H11F2NO. The Morgan fingerprint density at radius 1 is 1.29 bits per heavy atom. The van der Waals surface area contributed by atoms with Crippen LogP contribution in [0, 0.1) is 11.6 Å². The van der Waals surface area contributed by atoms with E-state index in [-0.39, 0.29) is 6.61 Å². The van der Waals surface area contributed by atoms with Crippen molar-refractivity contribution in [2.75, 3.05) is 12.3 Å². The number of nitrogen functional groups attached to an aromatic ring is 1. The number of benzene rings is 1. The van der Waals surface area contributed by atoms with Gasteiger partial charge in [0.1, 0.15) is 17.3 Å². The molecule has 0 heterocycles. The average Bonchev–Trinajstić information content (AvgIpc) is 2.14. The molecule has 0 fully saturated rings. The lowest BCUT2D eigenvalue weighted by Crippen LogP contribution is -1.95. The lowest BCUT2D eigenvalue weighted by atomic mass is 10.1. The summed E-state index contributed by atoms with van der Waals surface area (Å²) in [5.41, 5.74) is 5.01. The van der Waals surface area contributed by atoms with Crippen LogP contribution in [0.4, 0.5) is 14.5 Å². The first-order chi connectivity index (χ1) is 6.65. The quantitative estimate of drug-likeness (QED) is 0.731. The summed E-state index contributed by atoms with van der Waals surface area (Å²) in [6, 6.07) is 2.29. The Hall–Kier alpha value is -1.42. The summed E-state index contributed by atoms with van der Waals surface area (Å²) < 4.78 is 25.8. The van der Waals surface area contributed by atoms with E-state index in [2.05, 4.69) is 0 Å². The zero-order chi connectivity index (χ0) is 10.6. The molecule has 0 aliphatic rings. The maximum absolute atomic E-state index is 12.9. The lowest BCUT2D eigenvalue weighted by Gasteiger charge is -2.00. The Morgan fingerprint density at radius 3 is 2.36 bits per heavy atom. The van der Waals surface area contributed by atoms with E-state index in [1.54, 1.807) is 6.08 Å². The van der Waals surface area contributed by atoms with Crippen molar-refractivity contribution >= 4 is 11.8 Å². The summed E-state index contributed by atoms with van der Waals surface area (Å²) in [6.45, 7) is 0.0104. The number of nitrogens with two attached hydrogens (primary N) is 1. The van der Waals surface area contributed by atoms with Gasteiger partial charge in [-0.05, 0) is 24.1 Å². The van der Waals surface area contributed by atoms with E-state index < -0.39 is 17.3 Å². The second-order valence-corrected chi connectivity index (χ2v) is 2.81. The number of aliphatic hydroxyl groups is 1. The molecule has 0 bridgehead atoms. The van der Waals surface area contributed by atoms with E-state index in [0.29, 0.717) is 12.0 Å². The van der Waals surface area contributed by atoms with Gasteiger partial charge in [0.15, 0.2) is 0 Å². The predicted octanol–water partition coefficient (Wildman–Crippen LogP) is 1.94. The molecule has 0 unspecified atom stereocenters. The van der Waals surface area contributed by atoms with Gasteiger partial charge in [-0.2, -0.15) is 0 Å². The van der Waals surface area contributed by atoms with Crippen molar-refractivity contribution in [2.45, 2.75) is 6.42 Å². The molecule has 1 rings (SSSR count). The normalized spacial score (nSPS) is 11.1. The van der Waals surface area contributed by atoms with Crippen molar-refractivity contribution in [1.82, 2.24) is 0 Å². The fraction of sp³-hybridized carbons (Fsp3) is 0.200. The van der Waals surface area contributed by atoms with Crippen LogP contribution in [-0.4, -0.2) is 11.7 Å². The highest BCUT2D eigenvalue weighted by molar-refractivity contribution is 5.54. The van der Waals surface area contributed by atoms with E-state index in [1.165, 1.54) is 6.08 Å². The molecule has 0 saturated carbocycles. The van der Waals surface area contributed by atoms with Gasteiger partial charge < -0.3 is 10.8 Å². The first-order valence-corrected chi connectivity index (χ1v) is 4.17. The SMILES string of the molecule is Nc1c(F)cc(C=CCCO)cc1F. The third-order valence-corrected chi connectivity index (χ3v) is 1.71. The molecule has 0 atom stereocenters. The number of hydrogen-bond donors (Lipinski definition) is 2. The molecular weight excluding hydrogens is 188 g/mol. The van der Waals surface area contributed by atoms with Crippen molar-refractivity contribution in [3.8, 4) is 0 Å². The second kappa shape index (κ2) is 4.72. The van der Waals surface area contributed by atoms with Gasteiger partial charge in [0.25, 0.3) is 0 Å². The Balaban J connectivity index is 2.89. The molecule has 0 spiro atoms. The summed E-state index contributed by atoms with van der Waals surface area (Å²) in [5.74, 6) is -1.54.